The van der Waals surface area contributed by atoms with Gasteiger partial charge in [0.25, 0.3) is 5.91 Å². The van der Waals surface area contributed by atoms with E-state index in [1.165, 1.54) is 17.0 Å². The summed E-state index contributed by atoms with van der Waals surface area (Å²) < 4.78 is 45.2. The quantitative estimate of drug-likeness (QED) is 0.374. The van der Waals surface area contributed by atoms with E-state index in [1.807, 2.05) is 30.1 Å². The Kier molecular flexibility index (Phi) is 10.1. The number of amides is 4. The van der Waals surface area contributed by atoms with Crippen molar-refractivity contribution in [3.8, 4) is 0 Å². The minimum absolute atomic E-state index is 0.111. The lowest BCUT2D eigenvalue weighted by molar-refractivity contribution is -0.137. The van der Waals surface area contributed by atoms with Crippen molar-refractivity contribution in [3.63, 3.8) is 0 Å². The number of urea groups is 1. The SMILES string of the molecule is N=C=C=CN=C=C=NC(=O)[C@@H](Cc1cccc(C(F)(F)F)c1)OC(=O)N1CCC(N2CCc3ccccc3NC2=O)CC1. The summed E-state index contributed by atoms with van der Waals surface area (Å²) in [5.74, 6) is 5.16. The van der Waals surface area contributed by atoms with Crippen LogP contribution in [0.2, 0.25) is 0 Å². The Balaban J connectivity index is 1.43. The zero-order valence-corrected chi connectivity index (χ0v) is 22.9. The molecule has 2 N–H and O–H groups in total. The van der Waals surface area contributed by atoms with Crippen molar-refractivity contribution in [1.82, 2.24) is 9.80 Å². The molecule has 43 heavy (non-hydrogen) atoms. The van der Waals surface area contributed by atoms with E-state index in [9.17, 15) is 27.6 Å². The number of anilines is 1. The molecule has 222 valence electrons. The maximum absolute atomic E-state index is 13.2. The number of nitrogens with one attached hydrogen (secondary N) is 2. The average Bonchev–Trinajstić information content (AvgIpc) is 3.16. The van der Waals surface area contributed by atoms with Crippen molar-refractivity contribution in [3.05, 3.63) is 77.2 Å². The zero-order valence-electron chi connectivity index (χ0n) is 22.9. The largest absolute Gasteiger partial charge is 0.435 e. The first-order valence-corrected chi connectivity index (χ1v) is 13.4. The highest BCUT2D eigenvalue weighted by Crippen LogP contribution is 2.30. The van der Waals surface area contributed by atoms with Crippen LogP contribution in [0.25, 0.3) is 0 Å². The first kappa shape index (κ1) is 30.8. The summed E-state index contributed by atoms with van der Waals surface area (Å²) in [4.78, 5) is 49.0. The van der Waals surface area contributed by atoms with Crippen molar-refractivity contribution in [1.29, 1.82) is 5.41 Å². The third-order valence-electron chi connectivity index (χ3n) is 6.98. The second-order valence-corrected chi connectivity index (χ2v) is 9.72. The van der Waals surface area contributed by atoms with E-state index in [0.29, 0.717) is 25.8 Å². The number of likely N-dealkylation sites (tertiary alicyclic amines) is 1. The van der Waals surface area contributed by atoms with Gasteiger partial charge in [0.05, 0.1) is 23.5 Å². The molecule has 13 heteroatoms. The molecule has 2 aliphatic heterocycles. The number of carbonyl (C=O) groups is 3. The fourth-order valence-corrected chi connectivity index (χ4v) is 4.84. The molecular weight excluding hydrogens is 565 g/mol. The number of rotatable bonds is 6. The summed E-state index contributed by atoms with van der Waals surface area (Å²) >= 11 is 0. The van der Waals surface area contributed by atoms with E-state index in [-0.39, 0.29) is 37.1 Å². The van der Waals surface area contributed by atoms with Crippen LogP contribution in [0.15, 0.2) is 70.4 Å². The number of benzene rings is 2. The molecule has 0 bridgehead atoms. The molecule has 0 saturated carbocycles. The Labute approximate surface area is 245 Å². The molecule has 0 unspecified atom stereocenters. The predicted octanol–water partition coefficient (Wildman–Crippen LogP) is 4.65. The zero-order chi connectivity index (χ0) is 30.8. The summed E-state index contributed by atoms with van der Waals surface area (Å²) in [5.41, 5.74) is 3.22. The van der Waals surface area contributed by atoms with Gasteiger partial charge in [0.1, 0.15) is 0 Å². The monoisotopic (exact) mass is 592 g/mol. The van der Waals surface area contributed by atoms with Crippen molar-refractivity contribution < 1.29 is 32.3 Å². The molecular formula is C30H27F3N6O4. The van der Waals surface area contributed by atoms with Gasteiger partial charge in [-0.2, -0.15) is 23.2 Å². The Morgan fingerprint density at radius 2 is 1.88 bits per heavy atom. The van der Waals surface area contributed by atoms with E-state index >= 15 is 0 Å². The van der Waals surface area contributed by atoms with Crippen LogP contribution >= 0.6 is 0 Å². The van der Waals surface area contributed by atoms with Gasteiger partial charge in [0.15, 0.2) is 6.10 Å². The van der Waals surface area contributed by atoms with Crippen LogP contribution in [-0.4, -0.2) is 77.2 Å². The normalized spacial score (nSPS) is 15.7. The van der Waals surface area contributed by atoms with E-state index < -0.39 is 29.8 Å². The van der Waals surface area contributed by atoms with E-state index in [4.69, 9.17) is 10.1 Å². The first-order chi connectivity index (χ1) is 20.7. The number of nitrogens with zero attached hydrogens (tertiary/aromatic N) is 4. The van der Waals surface area contributed by atoms with Crippen LogP contribution in [0.1, 0.15) is 29.5 Å². The van der Waals surface area contributed by atoms with Gasteiger partial charge in [-0.1, -0.05) is 36.4 Å². The Hall–Kier alpha value is -5.17. The van der Waals surface area contributed by atoms with Crippen molar-refractivity contribution in [2.24, 2.45) is 9.98 Å². The number of hydrogen-bond donors (Lipinski definition) is 2. The fraction of sp³-hybridized carbons (Fsp3) is 0.333. The number of aliphatic imine (C=N–C) groups is 2. The molecule has 1 atom stereocenters. The lowest BCUT2D eigenvalue weighted by atomic mass is 10.0. The molecule has 2 aromatic rings. The summed E-state index contributed by atoms with van der Waals surface area (Å²) in [5, 5.41) is 9.64. The van der Waals surface area contributed by atoms with Gasteiger partial charge in [-0.15, -0.1) is 0 Å². The summed E-state index contributed by atoms with van der Waals surface area (Å²) in [6, 6.07) is 11.6. The molecule has 1 fully saturated rings. The van der Waals surface area contributed by atoms with Gasteiger partial charge in [-0.25, -0.2) is 9.59 Å². The van der Waals surface area contributed by atoms with Gasteiger partial charge in [-0.05, 0) is 48.3 Å². The Morgan fingerprint density at radius 3 is 2.63 bits per heavy atom. The van der Waals surface area contributed by atoms with Gasteiger partial charge >= 0.3 is 18.3 Å². The van der Waals surface area contributed by atoms with E-state index in [2.05, 4.69) is 32.8 Å². The molecule has 0 radical (unpaired) electrons. The van der Waals surface area contributed by atoms with Crippen LogP contribution < -0.4 is 5.32 Å². The number of piperidine rings is 1. The molecule has 4 rings (SSSR count). The predicted molar refractivity (Wildman–Crippen MR) is 152 cm³/mol. The second-order valence-electron chi connectivity index (χ2n) is 9.72. The van der Waals surface area contributed by atoms with E-state index in [1.54, 1.807) is 4.90 Å². The molecule has 0 aromatic heterocycles. The average molecular weight is 593 g/mol. The molecule has 2 heterocycles. The lowest BCUT2D eigenvalue weighted by Gasteiger charge is -2.37. The van der Waals surface area contributed by atoms with Gasteiger partial charge < -0.3 is 19.9 Å². The highest BCUT2D eigenvalue weighted by atomic mass is 19.4. The van der Waals surface area contributed by atoms with Crippen LogP contribution in [0.3, 0.4) is 0 Å². The number of alkyl halides is 3. The van der Waals surface area contributed by atoms with Crippen LogP contribution in [0, 0.1) is 5.41 Å². The number of carbonyl (C=O) groups excluding carboxylic acids is 3. The van der Waals surface area contributed by atoms with Crippen LogP contribution in [0.5, 0.6) is 0 Å². The summed E-state index contributed by atoms with van der Waals surface area (Å²) in [7, 11) is 0. The molecule has 0 spiro atoms. The number of para-hydroxylation sites is 1. The summed E-state index contributed by atoms with van der Waals surface area (Å²) in [6.07, 6.45) is -4.68. The van der Waals surface area contributed by atoms with Crippen LogP contribution in [0.4, 0.5) is 28.4 Å². The Bertz CT molecular complexity index is 1560. The topological polar surface area (TPSA) is 128 Å². The van der Waals surface area contributed by atoms with Crippen molar-refractivity contribution in [2.75, 3.05) is 25.0 Å². The second kappa shape index (κ2) is 14.1. The highest BCUT2D eigenvalue weighted by molar-refractivity contribution is 5.97. The third-order valence-corrected chi connectivity index (χ3v) is 6.98. The number of ether oxygens (including phenoxy) is 1. The fourth-order valence-electron chi connectivity index (χ4n) is 4.84. The first-order valence-electron chi connectivity index (χ1n) is 13.4. The molecule has 2 aromatic carbocycles. The molecule has 4 amide bonds. The smallest absolute Gasteiger partial charge is 0.416 e. The Morgan fingerprint density at radius 1 is 1.12 bits per heavy atom. The summed E-state index contributed by atoms with van der Waals surface area (Å²) in [6.45, 7) is 1.01. The van der Waals surface area contributed by atoms with Gasteiger partial charge in [0, 0.05) is 43.7 Å². The highest BCUT2D eigenvalue weighted by Gasteiger charge is 2.34. The molecule has 0 aliphatic carbocycles. The minimum atomic E-state index is -4.60. The maximum Gasteiger partial charge on any atom is 0.416 e. The van der Waals surface area contributed by atoms with Gasteiger partial charge in [-0.3, -0.25) is 10.2 Å². The number of fused-ring (bicyclic) bond motifs is 1. The standard InChI is InChI=1S/C30H27F3N6O4/c31-30(32,33)23-7-3-5-21(19-23)20-26(27(40)36-15-14-35-13-4-12-34)43-29(42)38-16-10-24(11-17-38)39-18-9-22-6-1-2-8-25(22)37-28(39)41/h1-3,5-8,13,19,24,26,34H,9-11,16-18,20H2,(H,37,41)/t26-/m1/s1. The number of halogens is 3. The molecule has 2 aliphatic rings. The molecule has 10 nitrogen and oxygen atoms in total. The van der Waals surface area contributed by atoms with Crippen LogP contribution in [-0.2, 0) is 28.5 Å². The lowest BCUT2D eigenvalue weighted by Crippen LogP contribution is -2.50. The number of hydrogen-bond acceptors (Lipinski definition) is 6. The third kappa shape index (κ3) is 8.42. The maximum atomic E-state index is 13.2. The van der Waals surface area contributed by atoms with E-state index in [0.717, 1.165) is 29.6 Å². The minimum Gasteiger partial charge on any atom is -0.435 e. The van der Waals surface area contributed by atoms with Gasteiger partial charge in [0.2, 0.25) is 0 Å². The van der Waals surface area contributed by atoms with Crippen molar-refractivity contribution >= 4 is 41.3 Å². The van der Waals surface area contributed by atoms with Crippen molar-refractivity contribution in [2.45, 2.75) is 44.0 Å². The molecule has 1 saturated heterocycles.